The van der Waals surface area contributed by atoms with Crippen molar-refractivity contribution in [2.45, 2.75) is 64.6 Å². The number of hydrogen-bond donors (Lipinski definition) is 0. The van der Waals surface area contributed by atoms with Crippen LogP contribution in [-0.4, -0.2) is 52.0 Å². The van der Waals surface area contributed by atoms with Crippen LogP contribution in [0, 0.1) is 0 Å². The molecule has 0 aliphatic heterocycles. The van der Waals surface area contributed by atoms with Gasteiger partial charge in [0, 0.05) is 14.2 Å². The van der Waals surface area contributed by atoms with Gasteiger partial charge in [0.15, 0.2) is 0 Å². The lowest BCUT2D eigenvalue weighted by atomic mass is 10.2. The van der Waals surface area contributed by atoms with Gasteiger partial charge >= 0.3 is 12.3 Å². The molecule has 2 atom stereocenters. The van der Waals surface area contributed by atoms with Crippen LogP contribution in [0.4, 0.5) is 9.59 Å². The fourth-order valence-electron chi connectivity index (χ4n) is 1.84. The molecule has 2 unspecified atom stereocenters. The molecule has 0 spiro atoms. The van der Waals surface area contributed by atoms with Crippen molar-refractivity contribution in [3.05, 3.63) is 0 Å². The van der Waals surface area contributed by atoms with Crippen LogP contribution in [0.1, 0.15) is 52.4 Å². The van der Waals surface area contributed by atoms with Crippen molar-refractivity contribution in [3.8, 4) is 0 Å². The van der Waals surface area contributed by atoms with Crippen molar-refractivity contribution in [2.75, 3.05) is 27.4 Å². The third-order valence-electron chi connectivity index (χ3n) is 3.38. The molecule has 8 nitrogen and oxygen atoms in total. The smallest absolute Gasteiger partial charge is 0.429 e. The van der Waals surface area contributed by atoms with Gasteiger partial charge in [-0.25, -0.2) is 0 Å². The van der Waals surface area contributed by atoms with Crippen LogP contribution in [0.3, 0.4) is 0 Å². The molecule has 0 N–H and O–H groups in total. The van der Waals surface area contributed by atoms with E-state index < -0.39 is 12.3 Å². The Morgan fingerprint density at radius 1 is 0.750 bits per heavy atom. The van der Waals surface area contributed by atoms with E-state index in [2.05, 4.69) is 23.6 Å². The first-order valence-corrected chi connectivity index (χ1v) is 8.30. The Morgan fingerprint density at radius 3 is 1.42 bits per heavy atom. The van der Waals surface area contributed by atoms with E-state index in [-0.39, 0.29) is 25.4 Å². The fourth-order valence-corrected chi connectivity index (χ4v) is 1.84. The number of unbranched alkanes of at least 4 members (excludes halogenated alkanes) is 2. The lowest BCUT2D eigenvalue weighted by Gasteiger charge is -2.15. The Bertz CT molecular complexity index is 302. The van der Waals surface area contributed by atoms with Crippen LogP contribution in [0.5, 0.6) is 0 Å². The van der Waals surface area contributed by atoms with E-state index in [0.29, 0.717) is 0 Å². The first kappa shape index (κ1) is 22.5. The molecule has 0 heterocycles. The van der Waals surface area contributed by atoms with Gasteiger partial charge in [-0.1, -0.05) is 39.5 Å². The number of methoxy groups -OCH3 is 2. The zero-order valence-corrected chi connectivity index (χ0v) is 15.1. The Kier molecular flexibility index (Phi) is 14.1. The van der Waals surface area contributed by atoms with Gasteiger partial charge in [0.1, 0.15) is 13.2 Å². The molecule has 0 aromatic heterocycles. The highest BCUT2D eigenvalue weighted by atomic mass is 17.3. The maximum absolute atomic E-state index is 11.3. The molecule has 0 bridgehead atoms. The van der Waals surface area contributed by atoms with Crippen LogP contribution in [0.15, 0.2) is 0 Å². The second-order valence-electron chi connectivity index (χ2n) is 5.29. The highest BCUT2D eigenvalue weighted by Gasteiger charge is 2.17. The number of hydrogen-bond acceptors (Lipinski definition) is 8. The summed E-state index contributed by atoms with van der Waals surface area (Å²) in [4.78, 5) is 31.1. The molecule has 0 saturated carbocycles. The third kappa shape index (κ3) is 12.0. The molecule has 0 radical (unpaired) electrons. The number of carbonyl (C=O) groups excluding carboxylic acids is 2. The number of carbonyl (C=O) groups is 2. The molecule has 0 aromatic carbocycles. The van der Waals surface area contributed by atoms with Crippen LogP contribution >= 0.6 is 0 Å². The van der Waals surface area contributed by atoms with Gasteiger partial charge in [-0.2, -0.15) is 19.4 Å². The zero-order valence-electron chi connectivity index (χ0n) is 15.1. The zero-order chi connectivity index (χ0) is 18.2. The summed E-state index contributed by atoms with van der Waals surface area (Å²) in [6, 6.07) is 0. The molecule has 0 rings (SSSR count). The molecular weight excluding hydrogens is 320 g/mol. The van der Waals surface area contributed by atoms with Crippen LogP contribution in [0.25, 0.3) is 0 Å². The summed E-state index contributed by atoms with van der Waals surface area (Å²) in [5.41, 5.74) is 0. The summed E-state index contributed by atoms with van der Waals surface area (Å²) in [7, 11) is 3.07. The van der Waals surface area contributed by atoms with Gasteiger partial charge in [0.05, 0.1) is 12.2 Å². The lowest BCUT2D eigenvalue weighted by Crippen LogP contribution is -2.24. The standard InChI is InChI=1S/C16H30O8/c1-5-7-9-13(19-3)11-21-15(17)23-24-16(18)22-12-14(20-4)10-8-6-2/h13-14H,5-12H2,1-4H3. The SMILES string of the molecule is CCCCC(COC(=O)OOC(=O)OCC(CCCC)OC)OC. The molecule has 142 valence electrons. The second-order valence-corrected chi connectivity index (χ2v) is 5.29. The van der Waals surface area contributed by atoms with Gasteiger partial charge in [0.2, 0.25) is 0 Å². The molecule has 0 aliphatic carbocycles. The van der Waals surface area contributed by atoms with Crippen molar-refractivity contribution in [1.29, 1.82) is 0 Å². The average Bonchev–Trinajstić information content (AvgIpc) is 2.60. The van der Waals surface area contributed by atoms with E-state index in [9.17, 15) is 9.59 Å². The van der Waals surface area contributed by atoms with Gasteiger partial charge in [-0.15, -0.1) is 0 Å². The topological polar surface area (TPSA) is 89.5 Å². The van der Waals surface area contributed by atoms with E-state index in [4.69, 9.17) is 18.9 Å². The van der Waals surface area contributed by atoms with Crippen molar-refractivity contribution in [1.82, 2.24) is 0 Å². The minimum Gasteiger partial charge on any atom is -0.429 e. The summed E-state index contributed by atoms with van der Waals surface area (Å²) in [6.45, 7) is 4.16. The van der Waals surface area contributed by atoms with Crippen molar-refractivity contribution >= 4 is 12.3 Å². The normalized spacial score (nSPS) is 13.0. The van der Waals surface area contributed by atoms with Crippen molar-refractivity contribution < 1.29 is 38.3 Å². The predicted molar refractivity (Wildman–Crippen MR) is 85.5 cm³/mol. The van der Waals surface area contributed by atoms with Crippen LogP contribution < -0.4 is 0 Å². The maximum atomic E-state index is 11.3. The minimum atomic E-state index is -1.13. The quantitative estimate of drug-likeness (QED) is 0.299. The van der Waals surface area contributed by atoms with E-state index in [1.165, 1.54) is 14.2 Å². The Labute approximate surface area is 143 Å². The van der Waals surface area contributed by atoms with E-state index in [0.717, 1.165) is 38.5 Å². The van der Waals surface area contributed by atoms with Gasteiger partial charge < -0.3 is 18.9 Å². The number of ether oxygens (including phenoxy) is 4. The van der Waals surface area contributed by atoms with Gasteiger partial charge in [0.25, 0.3) is 0 Å². The summed E-state index contributed by atoms with van der Waals surface area (Å²) >= 11 is 0. The molecular formula is C16H30O8. The van der Waals surface area contributed by atoms with E-state index in [1.54, 1.807) is 0 Å². The van der Waals surface area contributed by atoms with Crippen molar-refractivity contribution in [2.24, 2.45) is 0 Å². The first-order chi connectivity index (χ1) is 11.6. The summed E-state index contributed by atoms with van der Waals surface area (Å²) in [5, 5.41) is 0. The third-order valence-corrected chi connectivity index (χ3v) is 3.38. The van der Waals surface area contributed by atoms with Crippen molar-refractivity contribution in [3.63, 3.8) is 0 Å². The molecule has 0 amide bonds. The monoisotopic (exact) mass is 350 g/mol. The van der Waals surface area contributed by atoms with Gasteiger partial charge in [-0.05, 0) is 12.8 Å². The number of rotatable bonds is 12. The largest absolute Gasteiger partial charge is 0.550 e. The predicted octanol–water partition coefficient (Wildman–Crippen LogP) is 3.62. The molecule has 0 aliphatic rings. The Hall–Kier alpha value is -1.54. The lowest BCUT2D eigenvalue weighted by molar-refractivity contribution is -0.221. The van der Waals surface area contributed by atoms with E-state index >= 15 is 0 Å². The first-order valence-electron chi connectivity index (χ1n) is 8.30. The molecule has 24 heavy (non-hydrogen) atoms. The van der Waals surface area contributed by atoms with Gasteiger partial charge in [-0.3, -0.25) is 0 Å². The fraction of sp³-hybridized carbons (Fsp3) is 0.875. The summed E-state index contributed by atoms with van der Waals surface area (Å²) < 4.78 is 19.9. The molecule has 0 saturated heterocycles. The Morgan fingerprint density at radius 2 is 1.12 bits per heavy atom. The minimum absolute atomic E-state index is 0.0243. The second kappa shape index (κ2) is 15.0. The highest BCUT2D eigenvalue weighted by molar-refractivity contribution is 5.63. The van der Waals surface area contributed by atoms with Crippen LogP contribution in [0.2, 0.25) is 0 Å². The molecule has 8 heteroatoms. The highest BCUT2D eigenvalue weighted by Crippen LogP contribution is 2.06. The average molecular weight is 350 g/mol. The molecule has 0 aromatic rings. The van der Waals surface area contributed by atoms with E-state index in [1.807, 2.05) is 0 Å². The van der Waals surface area contributed by atoms with Crippen LogP contribution in [-0.2, 0) is 28.7 Å². The molecule has 0 fully saturated rings. The summed E-state index contributed by atoms with van der Waals surface area (Å²) in [5.74, 6) is 0. The maximum Gasteiger partial charge on any atom is 0.550 e. The Balaban J connectivity index is 3.86. The summed E-state index contributed by atoms with van der Waals surface area (Å²) in [6.07, 6.45) is 2.78.